The quantitative estimate of drug-likeness (QED) is 0.427. The molecular weight excluding hydrogens is 387 g/mol. The summed E-state index contributed by atoms with van der Waals surface area (Å²) in [6.07, 6.45) is 1.59. The van der Waals surface area contributed by atoms with E-state index < -0.39 is 0 Å². The van der Waals surface area contributed by atoms with E-state index in [0.717, 1.165) is 20.4 Å². The third kappa shape index (κ3) is 5.11. The number of carbonyl (C=O) groups excluding carboxylic acids is 1. The fourth-order valence-corrected chi connectivity index (χ4v) is 3.30. The maximum Gasteiger partial charge on any atom is 0.272 e. The largest absolute Gasteiger partial charge is 0.272 e. The normalized spacial score (nSPS) is 10.8. The first-order chi connectivity index (χ1) is 12.6. The van der Waals surface area contributed by atoms with E-state index in [1.807, 2.05) is 48.5 Å². The Hall–Kier alpha value is -2.27. The van der Waals surface area contributed by atoms with Gasteiger partial charge in [-0.05, 0) is 54.1 Å². The van der Waals surface area contributed by atoms with Crippen LogP contribution >= 0.6 is 35.0 Å². The van der Waals surface area contributed by atoms with Crippen molar-refractivity contribution in [3.63, 3.8) is 0 Å². The number of halogens is 2. The van der Waals surface area contributed by atoms with Gasteiger partial charge in [-0.1, -0.05) is 59.2 Å². The van der Waals surface area contributed by atoms with E-state index >= 15 is 0 Å². The highest BCUT2D eigenvalue weighted by molar-refractivity contribution is 7.99. The molecule has 130 valence electrons. The summed E-state index contributed by atoms with van der Waals surface area (Å²) in [4.78, 5) is 14.2. The van der Waals surface area contributed by atoms with Crippen LogP contribution in [0, 0.1) is 0 Å². The molecule has 0 bridgehead atoms. The number of nitrogens with zero attached hydrogens (tertiary/aromatic N) is 1. The molecule has 0 radical (unpaired) electrons. The molecule has 26 heavy (non-hydrogen) atoms. The van der Waals surface area contributed by atoms with E-state index in [-0.39, 0.29) is 5.91 Å². The fraction of sp³-hybridized carbons (Fsp3) is 0. The molecule has 0 atom stereocenters. The van der Waals surface area contributed by atoms with Crippen molar-refractivity contribution < 1.29 is 4.79 Å². The number of carbonyl (C=O) groups is 1. The minimum atomic E-state index is -0.346. The third-order valence-corrected chi connectivity index (χ3v) is 5.02. The van der Waals surface area contributed by atoms with Crippen LogP contribution in [0.1, 0.15) is 15.9 Å². The number of hydrazone groups is 1. The van der Waals surface area contributed by atoms with E-state index in [9.17, 15) is 4.79 Å². The lowest BCUT2D eigenvalue weighted by molar-refractivity contribution is 0.0955. The van der Waals surface area contributed by atoms with Crippen LogP contribution in [0.25, 0.3) is 0 Å². The summed E-state index contributed by atoms with van der Waals surface area (Å²) in [5, 5.41) is 5.09. The molecule has 3 nitrogen and oxygen atoms in total. The molecule has 1 N–H and O–H groups in total. The van der Waals surface area contributed by atoms with Crippen LogP contribution in [-0.2, 0) is 0 Å². The molecule has 0 aliphatic rings. The van der Waals surface area contributed by atoms with Crippen molar-refractivity contribution in [1.82, 2.24) is 5.43 Å². The van der Waals surface area contributed by atoms with Gasteiger partial charge in [-0.25, -0.2) is 5.43 Å². The summed E-state index contributed by atoms with van der Waals surface area (Å²) in [7, 11) is 0. The molecule has 0 fully saturated rings. The molecule has 0 spiro atoms. The molecule has 3 aromatic rings. The summed E-state index contributed by atoms with van der Waals surface area (Å²) in [5.74, 6) is -0.346. The monoisotopic (exact) mass is 400 g/mol. The van der Waals surface area contributed by atoms with Gasteiger partial charge in [-0.3, -0.25) is 4.79 Å². The maximum absolute atomic E-state index is 12.0. The molecule has 0 heterocycles. The van der Waals surface area contributed by atoms with Crippen LogP contribution in [0.2, 0.25) is 10.0 Å². The van der Waals surface area contributed by atoms with Crippen molar-refractivity contribution in [1.29, 1.82) is 0 Å². The van der Waals surface area contributed by atoms with Gasteiger partial charge >= 0.3 is 0 Å². The third-order valence-electron chi connectivity index (χ3n) is 3.43. The molecule has 0 unspecified atom stereocenters. The van der Waals surface area contributed by atoms with Gasteiger partial charge in [0.25, 0.3) is 5.91 Å². The van der Waals surface area contributed by atoms with E-state index in [2.05, 4.69) is 10.5 Å². The van der Waals surface area contributed by atoms with Gasteiger partial charge in [0.2, 0.25) is 0 Å². The first-order valence-electron chi connectivity index (χ1n) is 7.73. The summed E-state index contributed by atoms with van der Waals surface area (Å²) < 4.78 is 0. The summed E-state index contributed by atoms with van der Waals surface area (Å²) in [5.41, 5.74) is 3.75. The van der Waals surface area contributed by atoms with Gasteiger partial charge < -0.3 is 0 Å². The topological polar surface area (TPSA) is 41.5 Å². The number of rotatable bonds is 5. The van der Waals surface area contributed by atoms with E-state index in [1.165, 1.54) is 0 Å². The standard InChI is InChI=1S/C20H14Cl2N2OS/c21-15-7-11-17(12-8-15)26-16-9-5-14(6-10-16)13-23-24-20(25)18-3-1-2-4-19(18)22/h1-13H,(H,24,25)/b23-13-. The van der Waals surface area contributed by atoms with Crippen molar-refractivity contribution >= 4 is 47.1 Å². The lowest BCUT2D eigenvalue weighted by Gasteiger charge is -2.03. The number of amides is 1. The maximum atomic E-state index is 12.0. The van der Waals surface area contributed by atoms with Crippen molar-refractivity contribution in [2.75, 3.05) is 0 Å². The van der Waals surface area contributed by atoms with Gasteiger partial charge in [-0.2, -0.15) is 5.10 Å². The van der Waals surface area contributed by atoms with Crippen LogP contribution in [0.15, 0.2) is 87.7 Å². The number of hydrogen-bond acceptors (Lipinski definition) is 3. The highest BCUT2D eigenvalue weighted by Gasteiger charge is 2.07. The van der Waals surface area contributed by atoms with Crippen LogP contribution in [0.4, 0.5) is 0 Å². The Balaban J connectivity index is 1.58. The molecule has 1 amide bonds. The van der Waals surface area contributed by atoms with E-state index in [0.29, 0.717) is 10.6 Å². The molecule has 0 aliphatic carbocycles. The second-order valence-electron chi connectivity index (χ2n) is 5.30. The minimum Gasteiger partial charge on any atom is -0.267 e. The Bertz CT molecular complexity index is 925. The lowest BCUT2D eigenvalue weighted by Crippen LogP contribution is -2.17. The van der Waals surface area contributed by atoms with Crippen molar-refractivity contribution in [3.05, 3.63) is 94.0 Å². The fourth-order valence-electron chi connectivity index (χ4n) is 2.13. The average molecular weight is 401 g/mol. The molecule has 3 rings (SSSR count). The predicted octanol–water partition coefficient (Wildman–Crippen LogP) is 5.91. The van der Waals surface area contributed by atoms with Crippen LogP contribution < -0.4 is 5.43 Å². The van der Waals surface area contributed by atoms with Crippen LogP contribution in [0.5, 0.6) is 0 Å². The number of hydrogen-bond donors (Lipinski definition) is 1. The predicted molar refractivity (Wildman–Crippen MR) is 109 cm³/mol. The zero-order chi connectivity index (χ0) is 18.4. The molecule has 0 aliphatic heterocycles. The molecule has 6 heteroatoms. The van der Waals surface area contributed by atoms with E-state index in [1.54, 1.807) is 42.2 Å². The van der Waals surface area contributed by atoms with Crippen molar-refractivity contribution in [2.45, 2.75) is 9.79 Å². The van der Waals surface area contributed by atoms with Gasteiger partial charge in [0, 0.05) is 14.8 Å². The van der Waals surface area contributed by atoms with Gasteiger partial charge in [0.05, 0.1) is 16.8 Å². The average Bonchev–Trinajstić information content (AvgIpc) is 2.65. The Kier molecular flexibility index (Phi) is 6.34. The molecular formula is C20H14Cl2N2OS. The second kappa shape index (κ2) is 8.90. The first kappa shape index (κ1) is 18.5. The Morgan fingerprint density at radius 2 is 1.50 bits per heavy atom. The zero-order valence-corrected chi connectivity index (χ0v) is 15.9. The summed E-state index contributed by atoms with van der Waals surface area (Å²) in [6.45, 7) is 0. The second-order valence-corrected chi connectivity index (χ2v) is 7.29. The summed E-state index contributed by atoms with van der Waals surface area (Å²) in [6, 6.07) is 22.4. The van der Waals surface area contributed by atoms with Crippen LogP contribution in [0.3, 0.4) is 0 Å². The summed E-state index contributed by atoms with van der Waals surface area (Å²) >= 11 is 13.5. The van der Waals surface area contributed by atoms with E-state index in [4.69, 9.17) is 23.2 Å². The number of nitrogens with one attached hydrogen (secondary N) is 1. The van der Waals surface area contributed by atoms with Gasteiger partial charge in [-0.15, -0.1) is 0 Å². The smallest absolute Gasteiger partial charge is 0.267 e. The highest BCUT2D eigenvalue weighted by Crippen LogP contribution is 2.28. The van der Waals surface area contributed by atoms with Crippen molar-refractivity contribution in [3.8, 4) is 0 Å². The van der Waals surface area contributed by atoms with Gasteiger partial charge in [0.1, 0.15) is 0 Å². The highest BCUT2D eigenvalue weighted by atomic mass is 35.5. The lowest BCUT2D eigenvalue weighted by atomic mass is 10.2. The molecule has 0 aromatic heterocycles. The first-order valence-corrected chi connectivity index (χ1v) is 9.30. The Morgan fingerprint density at radius 3 is 2.15 bits per heavy atom. The SMILES string of the molecule is O=C(N/N=C\c1ccc(Sc2ccc(Cl)cc2)cc1)c1ccccc1Cl. The minimum absolute atomic E-state index is 0.346. The number of benzene rings is 3. The molecule has 3 aromatic carbocycles. The van der Waals surface area contributed by atoms with Gasteiger partial charge in [0.15, 0.2) is 0 Å². The molecule has 0 saturated carbocycles. The molecule has 0 saturated heterocycles. The Morgan fingerprint density at radius 1 is 0.885 bits per heavy atom. The van der Waals surface area contributed by atoms with Crippen LogP contribution in [-0.4, -0.2) is 12.1 Å². The Labute approximate surface area is 166 Å². The zero-order valence-electron chi connectivity index (χ0n) is 13.5. The van der Waals surface area contributed by atoms with Crippen molar-refractivity contribution in [2.24, 2.45) is 5.10 Å².